The van der Waals surface area contributed by atoms with Crippen molar-refractivity contribution in [3.05, 3.63) is 35.4 Å². The summed E-state index contributed by atoms with van der Waals surface area (Å²) in [6.07, 6.45) is 2.61. The molecule has 0 aliphatic heterocycles. The molecule has 0 aromatic heterocycles. The third-order valence-electron chi connectivity index (χ3n) is 4.47. The van der Waals surface area contributed by atoms with Gasteiger partial charge in [0.2, 0.25) is 0 Å². The summed E-state index contributed by atoms with van der Waals surface area (Å²) < 4.78 is 0. The number of benzene rings is 1. The van der Waals surface area contributed by atoms with Crippen molar-refractivity contribution in [1.82, 2.24) is 5.32 Å². The molecule has 0 bridgehead atoms. The second kappa shape index (κ2) is 5.54. The van der Waals surface area contributed by atoms with Crippen LogP contribution in [-0.4, -0.2) is 6.04 Å². The van der Waals surface area contributed by atoms with Crippen molar-refractivity contribution in [3.8, 4) is 6.07 Å². The highest BCUT2D eigenvalue weighted by Crippen LogP contribution is 2.32. The van der Waals surface area contributed by atoms with Crippen molar-refractivity contribution in [2.75, 3.05) is 0 Å². The average Bonchev–Trinajstić information content (AvgIpc) is 2.71. The molecule has 2 rings (SSSR count). The zero-order chi connectivity index (χ0) is 13.1. The first-order chi connectivity index (χ1) is 8.61. The topological polar surface area (TPSA) is 35.8 Å². The van der Waals surface area contributed by atoms with E-state index in [9.17, 15) is 0 Å². The predicted octanol–water partition coefficient (Wildman–Crippen LogP) is 3.64. The lowest BCUT2D eigenvalue weighted by Crippen LogP contribution is -2.34. The molecule has 1 aliphatic carbocycles. The van der Waals surface area contributed by atoms with Gasteiger partial charge in [0.05, 0.1) is 11.6 Å². The van der Waals surface area contributed by atoms with Gasteiger partial charge in [-0.15, -0.1) is 0 Å². The van der Waals surface area contributed by atoms with Gasteiger partial charge < -0.3 is 5.32 Å². The van der Waals surface area contributed by atoms with Crippen LogP contribution in [0.2, 0.25) is 0 Å². The van der Waals surface area contributed by atoms with Crippen molar-refractivity contribution >= 4 is 0 Å². The maximum absolute atomic E-state index is 8.80. The molecule has 1 saturated carbocycles. The molecular weight excluding hydrogens is 220 g/mol. The third kappa shape index (κ3) is 2.73. The average molecular weight is 242 g/mol. The van der Waals surface area contributed by atoms with Gasteiger partial charge in [0.1, 0.15) is 0 Å². The number of rotatable bonds is 3. The van der Waals surface area contributed by atoms with Gasteiger partial charge in [0, 0.05) is 12.1 Å². The molecule has 1 N–H and O–H groups in total. The van der Waals surface area contributed by atoms with Crippen LogP contribution in [0.4, 0.5) is 0 Å². The van der Waals surface area contributed by atoms with Crippen LogP contribution in [0.3, 0.4) is 0 Å². The van der Waals surface area contributed by atoms with E-state index in [1.165, 1.54) is 18.4 Å². The molecule has 2 nitrogen and oxygen atoms in total. The lowest BCUT2D eigenvalue weighted by Gasteiger charge is -2.24. The molecule has 1 aliphatic rings. The van der Waals surface area contributed by atoms with Gasteiger partial charge in [-0.25, -0.2) is 0 Å². The van der Waals surface area contributed by atoms with Crippen LogP contribution in [0.15, 0.2) is 24.3 Å². The number of nitrogens with zero attached hydrogens (tertiary/aromatic N) is 1. The zero-order valence-electron chi connectivity index (χ0n) is 11.5. The molecule has 0 amide bonds. The SMILES string of the molecule is CC(NC1CCC(C)C1C)c1ccc(C#N)cc1. The lowest BCUT2D eigenvalue weighted by atomic mass is 9.96. The number of nitriles is 1. The number of hydrogen-bond acceptors (Lipinski definition) is 2. The summed E-state index contributed by atoms with van der Waals surface area (Å²) >= 11 is 0. The molecule has 96 valence electrons. The normalized spacial score (nSPS) is 28.9. The highest BCUT2D eigenvalue weighted by molar-refractivity contribution is 5.32. The summed E-state index contributed by atoms with van der Waals surface area (Å²) in [5.74, 6) is 1.58. The smallest absolute Gasteiger partial charge is 0.0991 e. The molecule has 2 heteroatoms. The molecule has 1 aromatic carbocycles. The van der Waals surface area contributed by atoms with Crippen LogP contribution in [0.5, 0.6) is 0 Å². The molecule has 4 unspecified atom stereocenters. The first-order valence-electron chi connectivity index (χ1n) is 6.88. The van der Waals surface area contributed by atoms with E-state index in [0.29, 0.717) is 12.1 Å². The molecule has 1 aromatic rings. The zero-order valence-corrected chi connectivity index (χ0v) is 11.5. The summed E-state index contributed by atoms with van der Waals surface area (Å²) in [4.78, 5) is 0. The van der Waals surface area contributed by atoms with Crippen LogP contribution < -0.4 is 5.32 Å². The summed E-state index contributed by atoms with van der Waals surface area (Å²) in [5.41, 5.74) is 1.99. The van der Waals surface area contributed by atoms with Crippen LogP contribution in [0, 0.1) is 23.2 Å². The Bertz CT molecular complexity index is 429. The third-order valence-corrected chi connectivity index (χ3v) is 4.47. The molecule has 4 atom stereocenters. The van der Waals surface area contributed by atoms with Gasteiger partial charge in [-0.2, -0.15) is 5.26 Å². The van der Waals surface area contributed by atoms with Gasteiger partial charge >= 0.3 is 0 Å². The maximum atomic E-state index is 8.80. The number of nitrogens with one attached hydrogen (secondary N) is 1. The Labute approximate surface area is 110 Å². The fraction of sp³-hybridized carbons (Fsp3) is 0.562. The highest BCUT2D eigenvalue weighted by atomic mass is 15.0. The highest BCUT2D eigenvalue weighted by Gasteiger charge is 2.30. The maximum Gasteiger partial charge on any atom is 0.0991 e. The molecule has 0 radical (unpaired) electrons. The molecule has 18 heavy (non-hydrogen) atoms. The summed E-state index contributed by atoms with van der Waals surface area (Å²) in [6.45, 7) is 6.90. The van der Waals surface area contributed by atoms with Gasteiger partial charge in [-0.3, -0.25) is 0 Å². The molecule has 0 heterocycles. The Balaban J connectivity index is 1.99. The van der Waals surface area contributed by atoms with E-state index in [1.807, 2.05) is 12.1 Å². The fourth-order valence-corrected chi connectivity index (χ4v) is 2.86. The van der Waals surface area contributed by atoms with Crippen molar-refractivity contribution in [1.29, 1.82) is 5.26 Å². The second-order valence-electron chi connectivity index (χ2n) is 5.64. The Morgan fingerprint density at radius 3 is 2.39 bits per heavy atom. The second-order valence-corrected chi connectivity index (χ2v) is 5.64. The van der Waals surface area contributed by atoms with Gasteiger partial charge in [-0.05, 0) is 49.3 Å². The van der Waals surface area contributed by atoms with Gasteiger partial charge in [-0.1, -0.05) is 26.0 Å². The van der Waals surface area contributed by atoms with E-state index in [2.05, 4.69) is 44.3 Å². The van der Waals surface area contributed by atoms with Gasteiger partial charge in [0.15, 0.2) is 0 Å². The first-order valence-corrected chi connectivity index (χ1v) is 6.88. The summed E-state index contributed by atoms with van der Waals surface area (Å²) in [6, 6.07) is 11.0. The first kappa shape index (κ1) is 13.1. The van der Waals surface area contributed by atoms with Crippen molar-refractivity contribution in [2.45, 2.75) is 45.7 Å². The standard InChI is InChI=1S/C16H22N2/c1-11-4-9-16(12(11)2)18-13(3)15-7-5-14(10-17)6-8-15/h5-8,11-13,16,18H,4,9H2,1-3H3. The van der Waals surface area contributed by atoms with Crippen LogP contribution >= 0.6 is 0 Å². The Morgan fingerprint density at radius 1 is 1.22 bits per heavy atom. The van der Waals surface area contributed by atoms with E-state index in [4.69, 9.17) is 5.26 Å². The van der Waals surface area contributed by atoms with Crippen LogP contribution in [0.1, 0.15) is 50.8 Å². The van der Waals surface area contributed by atoms with Crippen LogP contribution in [-0.2, 0) is 0 Å². The Kier molecular flexibility index (Phi) is 4.04. The van der Waals surface area contributed by atoms with E-state index in [-0.39, 0.29) is 0 Å². The minimum atomic E-state index is 0.357. The van der Waals surface area contributed by atoms with Crippen molar-refractivity contribution < 1.29 is 0 Å². The Hall–Kier alpha value is -1.33. The molecular formula is C16H22N2. The minimum Gasteiger partial charge on any atom is -0.307 e. The molecule has 0 spiro atoms. The monoisotopic (exact) mass is 242 g/mol. The largest absolute Gasteiger partial charge is 0.307 e. The van der Waals surface area contributed by atoms with Crippen molar-refractivity contribution in [3.63, 3.8) is 0 Å². The van der Waals surface area contributed by atoms with Crippen molar-refractivity contribution in [2.24, 2.45) is 11.8 Å². The number of hydrogen-bond donors (Lipinski definition) is 1. The van der Waals surface area contributed by atoms with E-state index in [0.717, 1.165) is 17.4 Å². The predicted molar refractivity (Wildman–Crippen MR) is 74.1 cm³/mol. The summed E-state index contributed by atoms with van der Waals surface area (Å²) in [7, 11) is 0. The molecule has 0 saturated heterocycles. The fourth-order valence-electron chi connectivity index (χ4n) is 2.86. The van der Waals surface area contributed by atoms with Gasteiger partial charge in [0.25, 0.3) is 0 Å². The summed E-state index contributed by atoms with van der Waals surface area (Å²) in [5, 5.41) is 12.5. The van der Waals surface area contributed by atoms with Crippen LogP contribution in [0.25, 0.3) is 0 Å². The van der Waals surface area contributed by atoms with E-state index >= 15 is 0 Å². The minimum absolute atomic E-state index is 0.357. The lowest BCUT2D eigenvalue weighted by molar-refractivity contribution is 0.347. The van der Waals surface area contributed by atoms with E-state index in [1.54, 1.807) is 0 Å². The quantitative estimate of drug-likeness (QED) is 0.878. The molecule has 1 fully saturated rings. The van der Waals surface area contributed by atoms with E-state index < -0.39 is 0 Å². The Morgan fingerprint density at radius 2 is 1.89 bits per heavy atom.